The highest BCUT2D eigenvalue weighted by Crippen LogP contribution is 2.42. The van der Waals surface area contributed by atoms with E-state index in [0.29, 0.717) is 22.9 Å². The van der Waals surface area contributed by atoms with Gasteiger partial charge in [-0.15, -0.1) is 0 Å². The lowest BCUT2D eigenvalue weighted by molar-refractivity contribution is 0.333. The van der Waals surface area contributed by atoms with Crippen molar-refractivity contribution in [2.75, 3.05) is 18.0 Å². The first-order valence-electron chi connectivity index (χ1n) is 10.9. The number of nitrogens with one attached hydrogen (secondary N) is 1. The third kappa shape index (κ3) is 3.84. The van der Waals surface area contributed by atoms with E-state index in [0.717, 1.165) is 42.4 Å². The molecule has 2 aromatic heterocycles. The average molecular weight is 451 g/mol. The summed E-state index contributed by atoms with van der Waals surface area (Å²) in [7, 11) is 0. The average Bonchev–Trinajstić information content (AvgIpc) is 3.16. The van der Waals surface area contributed by atoms with E-state index in [4.69, 9.17) is 5.73 Å². The van der Waals surface area contributed by atoms with Crippen LogP contribution in [0.25, 0.3) is 33.5 Å². The summed E-state index contributed by atoms with van der Waals surface area (Å²) >= 11 is 0. The van der Waals surface area contributed by atoms with Crippen LogP contribution >= 0.6 is 0 Å². The molecule has 1 unspecified atom stereocenters. The number of rotatable bonds is 5. The zero-order chi connectivity index (χ0) is 23.3. The molecule has 1 fully saturated rings. The molecule has 0 saturated carbocycles. The van der Waals surface area contributed by atoms with Gasteiger partial charge in [0.05, 0.1) is 16.8 Å². The second-order valence-corrected chi connectivity index (χ2v) is 8.71. The molecule has 4 aromatic rings. The summed E-state index contributed by atoms with van der Waals surface area (Å²) in [5.41, 5.74) is 10.2. The molecule has 1 atom stereocenters. The van der Waals surface area contributed by atoms with Crippen LogP contribution < -0.4 is 10.6 Å². The van der Waals surface area contributed by atoms with E-state index in [-0.39, 0.29) is 22.9 Å². The van der Waals surface area contributed by atoms with Gasteiger partial charge in [0.15, 0.2) is 5.82 Å². The van der Waals surface area contributed by atoms with Gasteiger partial charge in [-0.2, -0.15) is 0 Å². The second kappa shape index (κ2) is 8.19. The van der Waals surface area contributed by atoms with Crippen molar-refractivity contribution in [1.82, 2.24) is 15.0 Å². The fourth-order valence-electron chi connectivity index (χ4n) is 4.54. The molecule has 8 heteroatoms. The molecule has 3 heterocycles. The number of aromatic nitrogens is 3. The van der Waals surface area contributed by atoms with Gasteiger partial charge in [-0.3, -0.25) is 4.98 Å². The summed E-state index contributed by atoms with van der Waals surface area (Å²) in [6.45, 7) is 5.36. The Balaban J connectivity index is 1.68. The fourth-order valence-corrected chi connectivity index (χ4v) is 4.54. The zero-order valence-corrected chi connectivity index (χ0v) is 18.4. The molecule has 33 heavy (non-hydrogen) atoms. The number of aromatic amines is 1. The number of hydrogen-bond acceptors (Lipinski definition) is 4. The molecule has 0 amide bonds. The Bertz CT molecular complexity index is 1320. The van der Waals surface area contributed by atoms with Gasteiger partial charge in [-0.25, -0.2) is 18.2 Å². The minimum Gasteiger partial charge on any atom is -0.370 e. The molecule has 5 rings (SSSR count). The van der Waals surface area contributed by atoms with Crippen molar-refractivity contribution < 1.29 is 13.2 Å². The normalized spacial score (nSPS) is 15.2. The number of anilines is 1. The lowest BCUT2D eigenvalue weighted by Gasteiger charge is -2.45. The van der Waals surface area contributed by atoms with Crippen LogP contribution in [0.15, 0.2) is 42.7 Å². The van der Waals surface area contributed by atoms with E-state index >= 15 is 0 Å². The third-order valence-corrected chi connectivity index (χ3v) is 6.33. The molecule has 3 N–H and O–H groups in total. The summed E-state index contributed by atoms with van der Waals surface area (Å²) in [6.07, 6.45) is 4.22. The van der Waals surface area contributed by atoms with Crippen LogP contribution in [-0.2, 0) is 0 Å². The third-order valence-electron chi connectivity index (χ3n) is 6.33. The Morgan fingerprint density at radius 3 is 2.52 bits per heavy atom. The van der Waals surface area contributed by atoms with Crippen LogP contribution in [-0.4, -0.2) is 34.1 Å². The summed E-state index contributed by atoms with van der Waals surface area (Å²) in [5, 5.41) is 0. The number of pyridine rings is 1. The number of imidazole rings is 1. The van der Waals surface area contributed by atoms with Gasteiger partial charge < -0.3 is 15.6 Å². The van der Waals surface area contributed by atoms with E-state index in [1.807, 2.05) is 13.0 Å². The maximum absolute atomic E-state index is 14.3. The standard InChI is InChI=1S/C25H24F3N5/c1-3-21(29)15-11-33(12-15)24-18(14-4-13(2)5-16(26)6-14)9-30-10-19(24)25-31-22-8-17(27)7-20(28)23(22)32-25/h4-10,15,21H,3,11-12,29H2,1-2H3,(H,31,32). The minimum absolute atomic E-state index is 0.0545. The van der Waals surface area contributed by atoms with Crippen LogP contribution in [0, 0.1) is 30.3 Å². The number of H-pyrrole nitrogens is 1. The molecule has 1 aliphatic rings. The molecule has 5 nitrogen and oxygen atoms in total. The Labute approximate surface area is 189 Å². The van der Waals surface area contributed by atoms with Crippen LogP contribution in [0.5, 0.6) is 0 Å². The van der Waals surface area contributed by atoms with Crippen molar-refractivity contribution in [3.8, 4) is 22.5 Å². The smallest absolute Gasteiger partial charge is 0.153 e. The maximum atomic E-state index is 14.3. The first kappa shape index (κ1) is 21.5. The summed E-state index contributed by atoms with van der Waals surface area (Å²) < 4.78 is 42.3. The molecule has 1 aliphatic heterocycles. The van der Waals surface area contributed by atoms with E-state index in [1.165, 1.54) is 18.2 Å². The van der Waals surface area contributed by atoms with Gasteiger partial charge in [-0.05, 0) is 42.7 Å². The van der Waals surface area contributed by atoms with Gasteiger partial charge in [0.1, 0.15) is 23.0 Å². The van der Waals surface area contributed by atoms with Gasteiger partial charge in [0.25, 0.3) is 0 Å². The van der Waals surface area contributed by atoms with E-state index in [2.05, 4.69) is 26.8 Å². The Morgan fingerprint density at radius 1 is 1.06 bits per heavy atom. The van der Waals surface area contributed by atoms with Crippen LogP contribution in [0.1, 0.15) is 18.9 Å². The molecule has 2 aromatic carbocycles. The number of aryl methyl sites for hydroxylation is 1. The lowest BCUT2D eigenvalue weighted by Crippen LogP contribution is -2.54. The molecule has 1 saturated heterocycles. The molecule has 0 spiro atoms. The number of nitrogens with two attached hydrogens (primary N) is 1. The molecule has 0 radical (unpaired) electrons. The Morgan fingerprint density at radius 2 is 1.79 bits per heavy atom. The Kier molecular flexibility index (Phi) is 5.32. The van der Waals surface area contributed by atoms with E-state index < -0.39 is 11.6 Å². The number of benzene rings is 2. The maximum Gasteiger partial charge on any atom is 0.153 e. The highest BCUT2D eigenvalue weighted by molar-refractivity contribution is 5.91. The van der Waals surface area contributed by atoms with Crippen molar-refractivity contribution in [3.63, 3.8) is 0 Å². The lowest BCUT2D eigenvalue weighted by atomic mass is 9.88. The number of fused-ring (bicyclic) bond motifs is 1. The first-order chi connectivity index (χ1) is 15.8. The largest absolute Gasteiger partial charge is 0.370 e. The molecular weight excluding hydrogens is 427 g/mol. The van der Waals surface area contributed by atoms with Crippen molar-refractivity contribution in [1.29, 1.82) is 0 Å². The summed E-state index contributed by atoms with van der Waals surface area (Å²) in [4.78, 5) is 14.0. The van der Waals surface area contributed by atoms with Crippen molar-refractivity contribution >= 4 is 16.7 Å². The Hall–Kier alpha value is -3.39. The van der Waals surface area contributed by atoms with Crippen molar-refractivity contribution in [2.24, 2.45) is 11.7 Å². The highest BCUT2D eigenvalue weighted by atomic mass is 19.1. The quantitative estimate of drug-likeness (QED) is 0.438. The first-order valence-corrected chi connectivity index (χ1v) is 10.9. The van der Waals surface area contributed by atoms with Crippen LogP contribution in [0.3, 0.4) is 0 Å². The van der Waals surface area contributed by atoms with Gasteiger partial charge in [0, 0.05) is 49.1 Å². The minimum atomic E-state index is -0.739. The number of nitrogens with zero attached hydrogens (tertiary/aromatic N) is 3. The second-order valence-electron chi connectivity index (χ2n) is 8.71. The number of halogens is 3. The van der Waals surface area contributed by atoms with Crippen LogP contribution in [0.2, 0.25) is 0 Å². The van der Waals surface area contributed by atoms with Crippen LogP contribution in [0.4, 0.5) is 18.9 Å². The van der Waals surface area contributed by atoms with E-state index in [9.17, 15) is 13.2 Å². The topological polar surface area (TPSA) is 70.8 Å². The summed E-state index contributed by atoms with van der Waals surface area (Å²) in [5.74, 6) is -1.05. The monoisotopic (exact) mass is 451 g/mol. The number of hydrogen-bond donors (Lipinski definition) is 2. The molecule has 170 valence electrons. The van der Waals surface area contributed by atoms with Gasteiger partial charge in [-0.1, -0.05) is 13.0 Å². The predicted octanol–water partition coefficient (Wildman–Crippen LogP) is 5.19. The molecular formula is C25H24F3N5. The van der Waals surface area contributed by atoms with Gasteiger partial charge in [0.2, 0.25) is 0 Å². The van der Waals surface area contributed by atoms with Crippen molar-refractivity contribution in [2.45, 2.75) is 26.3 Å². The van der Waals surface area contributed by atoms with Crippen molar-refractivity contribution in [3.05, 3.63) is 65.7 Å². The predicted molar refractivity (Wildman–Crippen MR) is 123 cm³/mol. The fraction of sp³-hybridized carbons (Fsp3) is 0.280. The molecule has 0 aliphatic carbocycles. The van der Waals surface area contributed by atoms with Gasteiger partial charge >= 0.3 is 0 Å². The summed E-state index contributed by atoms with van der Waals surface area (Å²) in [6, 6.07) is 6.95. The SMILES string of the molecule is CCC(N)C1CN(c2c(-c3cc(C)cc(F)c3)cncc2-c2nc3c(F)cc(F)cc3[nH]2)C1. The van der Waals surface area contributed by atoms with E-state index in [1.54, 1.807) is 12.4 Å². The zero-order valence-electron chi connectivity index (χ0n) is 18.4. The highest BCUT2D eigenvalue weighted by Gasteiger charge is 2.34. The molecule has 0 bridgehead atoms.